The summed E-state index contributed by atoms with van der Waals surface area (Å²) in [7, 11) is 3.15. The van der Waals surface area contributed by atoms with Crippen LogP contribution < -0.4 is 0 Å². The van der Waals surface area contributed by atoms with Crippen LogP contribution in [0.3, 0.4) is 0 Å². The second-order valence-electron chi connectivity index (χ2n) is 4.10. The highest BCUT2D eigenvalue weighted by Crippen LogP contribution is 2.54. The Kier molecular flexibility index (Phi) is 2.65. The van der Waals surface area contributed by atoms with E-state index in [1.165, 1.54) is 7.11 Å². The highest BCUT2D eigenvalue weighted by Gasteiger charge is 2.53. The third-order valence-electron chi connectivity index (χ3n) is 3.24. The summed E-state index contributed by atoms with van der Waals surface area (Å²) in [6.45, 7) is 0. The molecule has 0 N–H and O–H groups in total. The number of ether oxygens (including phenoxy) is 2. The molecule has 0 aromatic heterocycles. The maximum atomic E-state index is 11.6. The Balaban J connectivity index is 2.11. The van der Waals surface area contributed by atoms with E-state index in [-0.39, 0.29) is 17.5 Å². The molecule has 1 saturated carbocycles. The van der Waals surface area contributed by atoms with Crippen LogP contribution in [0.4, 0.5) is 0 Å². The van der Waals surface area contributed by atoms with Gasteiger partial charge in [-0.3, -0.25) is 4.79 Å². The van der Waals surface area contributed by atoms with Gasteiger partial charge in [-0.2, -0.15) is 0 Å². The Morgan fingerprint density at radius 2 is 2.20 bits per heavy atom. The van der Waals surface area contributed by atoms with Crippen molar-refractivity contribution in [1.82, 2.24) is 0 Å². The summed E-state index contributed by atoms with van der Waals surface area (Å²) in [6.07, 6.45) is 8.93. The third kappa shape index (κ3) is 1.72. The van der Waals surface area contributed by atoms with Gasteiger partial charge in [0.1, 0.15) is 0 Å². The fourth-order valence-electron chi connectivity index (χ4n) is 2.06. The quantitative estimate of drug-likeness (QED) is 0.664. The summed E-state index contributed by atoms with van der Waals surface area (Å²) < 4.78 is 10.1. The average molecular weight is 208 g/mol. The topological polar surface area (TPSA) is 35.5 Å². The molecule has 0 bridgehead atoms. The lowest BCUT2D eigenvalue weighted by Gasteiger charge is -2.19. The van der Waals surface area contributed by atoms with Crippen molar-refractivity contribution in [3.8, 4) is 0 Å². The number of carbonyl (C=O) groups is 1. The fourth-order valence-corrected chi connectivity index (χ4v) is 2.06. The van der Waals surface area contributed by atoms with Crippen LogP contribution in [0, 0.1) is 5.41 Å². The fraction of sp³-hybridized carbons (Fsp3) is 0.583. The van der Waals surface area contributed by atoms with Crippen molar-refractivity contribution in [1.29, 1.82) is 0 Å². The minimum Gasteiger partial charge on any atom is -0.468 e. The molecule has 1 atom stereocenters. The van der Waals surface area contributed by atoms with E-state index in [0.717, 1.165) is 24.8 Å². The molecule has 0 saturated heterocycles. The van der Waals surface area contributed by atoms with Gasteiger partial charge in [0.25, 0.3) is 0 Å². The van der Waals surface area contributed by atoms with E-state index >= 15 is 0 Å². The van der Waals surface area contributed by atoms with E-state index in [4.69, 9.17) is 9.47 Å². The molecule has 1 fully saturated rings. The van der Waals surface area contributed by atoms with E-state index in [1.54, 1.807) is 7.11 Å². The first-order valence-electron chi connectivity index (χ1n) is 5.23. The molecule has 0 aliphatic heterocycles. The Hall–Kier alpha value is -1.09. The Morgan fingerprint density at radius 3 is 2.60 bits per heavy atom. The summed E-state index contributed by atoms with van der Waals surface area (Å²) >= 11 is 0. The van der Waals surface area contributed by atoms with Crippen molar-refractivity contribution in [3.05, 3.63) is 23.8 Å². The predicted octanol–water partition coefficient (Wildman–Crippen LogP) is 1.84. The van der Waals surface area contributed by atoms with Crippen LogP contribution in [0.2, 0.25) is 0 Å². The maximum absolute atomic E-state index is 11.6. The monoisotopic (exact) mass is 208 g/mol. The van der Waals surface area contributed by atoms with E-state index in [9.17, 15) is 4.79 Å². The molecular formula is C12H16O3. The van der Waals surface area contributed by atoms with E-state index in [1.807, 2.05) is 12.2 Å². The van der Waals surface area contributed by atoms with Crippen LogP contribution in [-0.4, -0.2) is 26.3 Å². The highest BCUT2D eigenvalue weighted by atomic mass is 16.5. The second-order valence-corrected chi connectivity index (χ2v) is 4.10. The van der Waals surface area contributed by atoms with Gasteiger partial charge in [-0.1, -0.05) is 18.2 Å². The molecule has 1 unspecified atom stereocenters. The standard InChI is InChI=1S/C12H16O3/c1-14-10-5-3-9(4-6-10)12(7-8-12)11(13)15-2/h3-5,10H,6-8H2,1-2H3. The highest BCUT2D eigenvalue weighted by molar-refractivity contribution is 5.84. The first-order chi connectivity index (χ1) is 7.23. The molecule has 0 aromatic carbocycles. The molecule has 0 aromatic rings. The first-order valence-corrected chi connectivity index (χ1v) is 5.23. The third-order valence-corrected chi connectivity index (χ3v) is 3.24. The summed E-state index contributed by atoms with van der Waals surface area (Å²) in [5, 5.41) is 0. The lowest BCUT2D eigenvalue weighted by molar-refractivity contribution is -0.145. The molecule has 0 amide bonds. The molecular weight excluding hydrogens is 192 g/mol. The Labute approximate surface area is 89.8 Å². The molecule has 0 radical (unpaired) electrons. The maximum Gasteiger partial charge on any atom is 0.316 e. The molecule has 15 heavy (non-hydrogen) atoms. The van der Waals surface area contributed by atoms with E-state index in [2.05, 4.69) is 6.08 Å². The van der Waals surface area contributed by atoms with Crippen LogP contribution in [0.1, 0.15) is 19.3 Å². The van der Waals surface area contributed by atoms with Crippen molar-refractivity contribution in [2.24, 2.45) is 5.41 Å². The zero-order valence-electron chi connectivity index (χ0n) is 9.16. The molecule has 2 rings (SSSR count). The largest absolute Gasteiger partial charge is 0.468 e. The first kappa shape index (κ1) is 10.4. The van der Waals surface area contributed by atoms with Crippen molar-refractivity contribution in [2.75, 3.05) is 14.2 Å². The number of rotatable bonds is 3. The van der Waals surface area contributed by atoms with Crippen LogP contribution in [0.5, 0.6) is 0 Å². The lowest BCUT2D eigenvalue weighted by atomic mass is 9.90. The number of esters is 1. The number of hydrogen-bond acceptors (Lipinski definition) is 3. The normalized spacial score (nSPS) is 27.1. The molecule has 82 valence electrons. The predicted molar refractivity (Wildman–Crippen MR) is 56.3 cm³/mol. The van der Waals surface area contributed by atoms with Gasteiger partial charge in [0.05, 0.1) is 18.6 Å². The minimum absolute atomic E-state index is 0.103. The smallest absolute Gasteiger partial charge is 0.316 e. The van der Waals surface area contributed by atoms with Crippen molar-refractivity contribution in [3.63, 3.8) is 0 Å². The van der Waals surface area contributed by atoms with E-state index < -0.39 is 0 Å². The molecule has 3 nitrogen and oxygen atoms in total. The van der Waals surface area contributed by atoms with Crippen LogP contribution in [-0.2, 0) is 14.3 Å². The number of methoxy groups -OCH3 is 2. The van der Waals surface area contributed by atoms with Crippen molar-refractivity contribution in [2.45, 2.75) is 25.4 Å². The van der Waals surface area contributed by atoms with Crippen molar-refractivity contribution < 1.29 is 14.3 Å². The SMILES string of the molecule is COC(=O)C1(C2=CCC(OC)C=C2)CC1. The number of hydrogen-bond donors (Lipinski definition) is 0. The molecule has 0 spiro atoms. The second kappa shape index (κ2) is 3.81. The van der Waals surface area contributed by atoms with Gasteiger partial charge in [-0.15, -0.1) is 0 Å². The van der Waals surface area contributed by atoms with Gasteiger partial charge >= 0.3 is 5.97 Å². The summed E-state index contributed by atoms with van der Waals surface area (Å²) in [6, 6.07) is 0. The summed E-state index contributed by atoms with van der Waals surface area (Å²) in [5.41, 5.74) is 0.770. The minimum atomic E-state index is -0.329. The Bertz CT molecular complexity index is 324. The van der Waals surface area contributed by atoms with Gasteiger partial charge < -0.3 is 9.47 Å². The Morgan fingerprint density at radius 1 is 1.47 bits per heavy atom. The van der Waals surface area contributed by atoms with Crippen LogP contribution >= 0.6 is 0 Å². The van der Waals surface area contributed by atoms with Gasteiger partial charge in [0.15, 0.2) is 0 Å². The molecule has 2 aliphatic carbocycles. The molecule has 3 heteroatoms. The zero-order chi connectivity index (χ0) is 10.9. The van der Waals surface area contributed by atoms with Crippen LogP contribution in [0.15, 0.2) is 23.8 Å². The lowest BCUT2D eigenvalue weighted by Crippen LogP contribution is -2.21. The molecule has 0 heterocycles. The zero-order valence-corrected chi connectivity index (χ0v) is 9.16. The van der Waals surface area contributed by atoms with Gasteiger partial charge in [-0.05, 0) is 24.8 Å². The van der Waals surface area contributed by atoms with E-state index in [0.29, 0.717) is 0 Å². The molecule has 2 aliphatic rings. The average Bonchev–Trinajstić information content (AvgIpc) is 3.09. The van der Waals surface area contributed by atoms with Gasteiger partial charge in [0, 0.05) is 7.11 Å². The summed E-state index contributed by atoms with van der Waals surface area (Å²) in [4.78, 5) is 11.6. The summed E-state index contributed by atoms with van der Waals surface area (Å²) in [5.74, 6) is -0.103. The van der Waals surface area contributed by atoms with Crippen LogP contribution in [0.25, 0.3) is 0 Å². The van der Waals surface area contributed by atoms with Crippen molar-refractivity contribution >= 4 is 5.97 Å². The van der Waals surface area contributed by atoms with Gasteiger partial charge in [-0.25, -0.2) is 0 Å². The number of carbonyl (C=O) groups excluding carboxylic acids is 1. The number of allylic oxidation sites excluding steroid dienone is 1. The van der Waals surface area contributed by atoms with Gasteiger partial charge in [0.2, 0.25) is 0 Å².